The first-order valence-corrected chi connectivity index (χ1v) is 11.7. The lowest BCUT2D eigenvalue weighted by Crippen LogP contribution is -2.33. The summed E-state index contributed by atoms with van der Waals surface area (Å²) in [5, 5.41) is 8.84. The van der Waals surface area contributed by atoms with Gasteiger partial charge >= 0.3 is 0 Å². The first kappa shape index (κ1) is 23.8. The molecule has 0 spiro atoms. The van der Waals surface area contributed by atoms with Gasteiger partial charge in [0.15, 0.2) is 5.82 Å². The molecule has 7 nitrogen and oxygen atoms in total. The Hall–Kier alpha value is -3.39. The van der Waals surface area contributed by atoms with Gasteiger partial charge in [0.05, 0.1) is 29.4 Å². The Bertz CT molecular complexity index is 1160. The molecule has 1 aliphatic rings. The monoisotopic (exact) mass is 462 g/mol. The van der Waals surface area contributed by atoms with Crippen molar-refractivity contribution < 1.29 is 9.13 Å². The number of aliphatic imine (C=N–C) groups is 1. The first-order chi connectivity index (χ1) is 16.5. The normalized spacial score (nSPS) is 15.5. The standard InChI is InChI=1S/C26H31FN6O/c1-4-34-21-5-6-23(22(27)15-21)30-17(2)24-18(3)31-32-26(25(24)28)20-9-13-33(14-10-20)16-19-7-11-29-12-8-19/h5-8,11-12,15,20H,4,9-10,13-14,16H2,1-3H3,(H2,28,31). The summed E-state index contributed by atoms with van der Waals surface area (Å²) in [5.74, 6) is 0.274. The van der Waals surface area contributed by atoms with E-state index in [9.17, 15) is 4.39 Å². The number of nitrogen functional groups attached to an aromatic ring is 1. The van der Waals surface area contributed by atoms with Crippen molar-refractivity contribution in [3.8, 4) is 5.75 Å². The summed E-state index contributed by atoms with van der Waals surface area (Å²) in [4.78, 5) is 11.0. The Morgan fingerprint density at radius 2 is 1.91 bits per heavy atom. The maximum Gasteiger partial charge on any atom is 0.152 e. The van der Waals surface area contributed by atoms with Crippen LogP contribution in [0.1, 0.15) is 55.1 Å². The quantitative estimate of drug-likeness (QED) is 0.507. The summed E-state index contributed by atoms with van der Waals surface area (Å²) in [5.41, 5.74) is 11.5. The number of ether oxygens (including phenoxy) is 1. The van der Waals surface area contributed by atoms with Crippen LogP contribution >= 0.6 is 0 Å². The molecule has 0 bridgehead atoms. The van der Waals surface area contributed by atoms with Crippen LogP contribution in [-0.2, 0) is 6.54 Å². The molecule has 2 aromatic heterocycles. The molecule has 1 aliphatic heterocycles. The molecule has 3 heterocycles. The molecule has 0 radical (unpaired) electrons. The highest BCUT2D eigenvalue weighted by molar-refractivity contribution is 6.05. The van der Waals surface area contributed by atoms with E-state index in [1.54, 1.807) is 12.1 Å². The van der Waals surface area contributed by atoms with Crippen LogP contribution in [-0.4, -0.2) is 45.5 Å². The SMILES string of the molecule is CCOc1ccc(N=C(C)c2c(C)nnc(C3CCN(Cc4ccncc4)CC3)c2N)c(F)c1. The molecule has 8 heteroatoms. The molecule has 0 atom stereocenters. The summed E-state index contributed by atoms with van der Waals surface area (Å²) in [6.45, 7) is 8.85. The zero-order chi connectivity index (χ0) is 24.1. The molecule has 178 valence electrons. The van der Waals surface area contributed by atoms with Crippen molar-refractivity contribution in [1.29, 1.82) is 0 Å². The Morgan fingerprint density at radius 3 is 2.59 bits per heavy atom. The smallest absolute Gasteiger partial charge is 0.152 e. The number of halogens is 1. The van der Waals surface area contributed by atoms with Crippen LogP contribution in [0.5, 0.6) is 5.75 Å². The maximum absolute atomic E-state index is 14.6. The molecular weight excluding hydrogens is 431 g/mol. The first-order valence-electron chi connectivity index (χ1n) is 11.7. The zero-order valence-corrected chi connectivity index (χ0v) is 20.0. The van der Waals surface area contributed by atoms with Gasteiger partial charge < -0.3 is 10.5 Å². The number of piperidine rings is 1. The number of nitrogens with zero attached hydrogens (tertiary/aromatic N) is 5. The molecular formula is C26H31FN6O. The average molecular weight is 463 g/mol. The number of rotatable bonds is 7. The van der Waals surface area contributed by atoms with Gasteiger partial charge in [-0.2, -0.15) is 10.2 Å². The number of likely N-dealkylation sites (tertiary alicyclic amines) is 1. The second kappa shape index (κ2) is 10.7. The number of hydrogen-bond donors (Lipinski definition) is 1. The lowest BCUT2D eigenvalue weighted by Gasteiger charge is -2.32. The van der Waals surface area contributed by atoms with Gasteiger partial charge in [0.25, 0.3) is 0 Å². The number of benzene rings is 1. The average Bonchev–Trinajstić information content (AvgIpc) is 2.83. The fourth-order valence-corrected chi connectivity index (χ4v) is 4.50. The second-order valence-electron chi connectivity index (χ2n) is 8.61. The Morgan fingerprint density at radius 1 is 1.18 bits per heavy atom. The number of pyridine rings is 1. The predicted molar refractivity (Wildman–Crippen MR) is 132 cm³/mol. The molecule has 3 aromatic rings. The van der Waals surface area contributed by atoms with Crippen LogP contribution < -0.4 is 10.5 Å². The van der Waals surface area contributed by atoms with Gasteiger partial charge in [-0.05, 0) is 76.5 Å². The van der Waals surface area contributed by atoms with Gasteiger partial charge in [-0.3, -0.25) is 9.88 Å². The van der Waals surface area contributed by atoms with Gasteiger partial charge in [-0.1, -0.05) is 0 Å². The Labute approximate surface area is 199 Å². The molecule has 4 rings (SSSR count). The van der Waals surface area contributed by atoms with Crippen molar-refractivity contribution in [1.82, 2.24) is 20.1 Å². The Balaban J connectivity index is 1.51. The van der Waals surface area contributed by atoms with E-state index in [1.807, 2.05) is 33.2 Å². The number of aryl methyl sites for hydroxylation is 1. The highest BCUT2D eigenvalue weighted by atomic mass is 19.1. The topological polar surface area (TPSA) is 89.5 Å². The third kappa shape index (κ3) is 5.39. The minimum Gasteiger partial charge on any atom is -0.494 e. The number of aromatic nitrogens is 3. The van der Waals surface area contributed by atoms with E-state index in [0.717, 1.165) is 43.7 Å². The largest absolute Gasteiger partial charge is 0.494 e. The van der Waals surface area contributed by atoms with Gasteiger partial charge in [0, 0.05) is 42.2 Å². The molecule has 0 aliphatic carbocycles. The van der Waals surface area contributed by atoms with Crippen molar-refractivity contribution in [2.45, 2.75) is 46.1 Å². The summed E-state index contributed by atoms with van der Waals surface area (Å²) >= 11 is 0. The van der Waals surface area contributed by atoms with Crippen molar-refractivity contribution in [3.63, 3.8) is 0 Å². The predicted octanol–water partition coefficient (Wildman–Crippen LogP) is 4.82. The molecule has 0 amide bonds. The molecule has 0 unspecified atom stereocenters. The minimum absolute atomic E-state index is 0.232. The van der Waals surface area contributed by atoms with Crippen molar-refractivity contribution in [2.75, 3.05) is 25.4 Å². The summed E-state index contributed by atoms with van der Waals surface area (Å²) in [7, 11) is 0. The van der Waals surface area contributed by atoms with E-state index in [-0.39, 0.29) is 11.6 Å². The number of nitrogens with two attached hydrogens (primary N) is 1. The zero-order valence-electron chi connectivity index (χ0n) is 20.0. The summed E-state index contributed by atoms with van der Waals surface area (Å²) < 4.78 is 19.9. The van der Waals surface area contributed by atoms with Crippen LogP contribution in [0.3, 0.4) is 0 Å². The third-order valence-corrected chi connectivity index (χ3v) is 6.22. The van der Waals surface area contributed by atoms with Gasteiger partial charge in [-0.15, -0.1) is 0 Å². The van der Waals surface area contributed by atoms with E-state index < -0.39 is 5.82 Å². The van der Waals surface area contributed by atoms with Crippen molar-refractivity contribution >= 4 is 17.1 Å². The molecule has 34 heavy (non-hydrogen) atoms. The Kier molecular flexibility index (Phi) is 7.47. The van der Waals surface area contributed by atoms with E-state index in [0.29, 0.717) is 29.4 Å². The minimum atomic E-state index is -0.440. The number of anilines is 1. The van der Waals surface area contributed by atoms with E-state index in [2.05, 4.69) is 37.2 Å². The molecule has 0 saturated carbocycles. The summed E-state index contributed by atoms with van der Waals surface area (Å²) in [6, 6.07) is 8.78. The van der Waals surface area contributed by atoms with Gasteiger partial charge in [0.1, 0.15) is 5.75 Å². The van der Waals surface area contributed by atoms with Crippen molar-refractivity contribution in [3.05, 3.63) is 71.1 Å². The van der Waals surface area contributed by atoms with Crippen LogP contribution in [0, 0.1) is 12.7 Å². The fourth-order valence-electron chi connectivity index (χ4n) is 4.50. The lowest BCUT2D eigenvalue weighted by molar-refractivity contribution is 0.203. The van der Waals surface area contributed by atoms with E-state index in [4.69, 9.17) is 10.5 Å². The van der Waals surface area contributed by atoms with Gasteiger partial charge in [0.2, 0.25) is 0 Å². The maximum atomic E-state index is 14.6. The lowest BCUT2D eigenvalue weighted by atomic mass is 9.90. The van der Waals surface area contributed by atoms with Crippen LogP contribution in [0.15, 0.2) is 47.7 Å². The molecule has 1 aromatic carbocycles. The van der Waals surface area contributed by atoms with E-state index >= 15 is 0 Å². The fraction of sp³-hybridized carbons (Fsp3) is 0.385. The van der Waals surface area contributed by atoms with Crippen LogP contribution in [0.4, 0.5) is 15.8 Å². The van der Waals surface area contributed by atoms with E-state index in [1.165, 1.54) is 11.6 Å². The third-order valence-electron chi connectivity index (χ3n) is 6.22. The summed E-state index contributed by atoms with van der Waals surface area (Å²) in [6.07, 6.45) is 5.57. The highest BCUT2D eigenvalue weighted by Gasteiger charge is 2.26. The van der Waals surface area contributed by atoms with Crippen molar-refractivity contribution in [2.24, 2.45) is 4.99 Å². The molecule has 1 saturated heterocycles. The molecule has 2 N–H and O–H groups in total. The van der Waals surface area contributed by atoms with Gasteiger partial charge in [-0.25, -0.2) is 9.38 Å². The number of hydrogen-bond acceptors (Lipinski definition) is 7. The van der Waals surface area contributed by atoms with Crippen LogP contribution in [0.2, 0.25) is 0 Å². The molecule has 1 fully saturated rings. The second-order valence-corrected chi connectivity index (χ2v) is 8.61. The highest BCUT2D eigenvalue weighted by Crippen LogP contribution is 2.33. The van der Waals surface area contributed by atoms with Crippen LogP contribution in [0.25, 0.3) is 0 Å².